The maximum atomic E-state index is 12.4. The van der Waals surface area contributed by atoms with E-state index in [4.69, 9.17) is 0 Å². The van der Waals surface area contributed by atoms with Crippen LogP contribution in [0.1, 0.15) is 43.5 Å². The third kappa shape index (κ3) is 3.49. The van der Waals surface area contributed by atoms with Gasteiger partial charge in [0.2, 0.25) is 0 Å². The van der Waals surface area contributed by atoms with E-state index in [1.807, 2.05) is 29.2 Å². The summed E-state index contributed by atoms with van der Waals surface area (Å²) in [5.74, 6) is 0.861. The van der Waals surface area contributed by atoms with Crippen molar-refractivity contribution in [1.82, 2.24) is 4.90 Å². The number of benzene rings is 1. The second-order valence-corrected chi connectivity index (χ2v) is 5.28. The maximum absolute atomic E-state index is 12.4. The molecule has 1 unspecified atom stereocenters. The lowest BCUT2D eigenvalue weighted by Crippen LogP contribution is -2.39. The Labute approximate surface area is 116 Å². The van der Waals surface area contributed by atoms with Gasteiger partial charge in [0.25, 0.3) is 5.91 Å². The van der Waals surface area contributed by atoms with E-state index in [0.29, 0.717) is 5.92 Å². The number of amides is 1. The third-order valence-corrected chi connectivity index (χ3v) is 3.90. The van der Waals surface area contributed by atoms with Gasteiger partial charge in [0.1, 0.15) is 0 Å². The van der Waals surface area contributed by atoms with Gasteiger partial charge in [0.15, 0.2) is 0 Å². The number of hydrogen-bond acceptors (Lipinski definition) is 2. The van der Waals surface area contributed by atoms with E-state index < -0.39 is 0 Å². The van der Waals surface area contributed by atoms with Crippen molar-refractivity contribution in [2.24, 2.45) is 5.92 Å². The first-order valence-electron chi connectivity index (χ1n) is 7.37. The Balaban J connectivity index is 2.02. The lowest BCUT2D eigenvalue weighted by Gasteiger charge is -2.32. The molecule has 19 heavy (non-hydrogen) atoms. The summed E-state index contributed by atoms with van der Waals surface area (Å²) in [6.45, 7) is 7.01. The summed E-state index contributed by atoms with van der Waals surface area (Å²) in [5.41, 5.74) is 1.88. The molecule has 1 aromatic carbocycles. The molecule has 3 nitrogen and oxygen atoms in total. The fourth-order valence-electron chi connectivity index (χ4n) is 2.70. The van der Waals surface area contributed by atoms with Gasteiger partial charge in [-0.1, -0.05) is 13.3 Å². The van der Waals surface area contributed by atoms with E-state index in [1.165, 1.54) is 12.8 Å². The van der Waals surface area contributed by atoms with Gasteiger partial charge in [-0.3, -0.25) is 4.79 Å². The Morgan fingerprint density at radius 2 is 2.05 bits per heavy atom. The largest absolute Gasteiger partial charge is 0.385 e. The van der Waals surface area contributed by atoms with Crippen molar-refractivity contribution in [1.29, 1.82) is 0 Å². The molecule has 0 bridgehead atoms. The summed E-state index contributed by atoms with van der Waals surface area (Å²) in [4.78, 5) is 14.4. The van der Waals surface area contributed by atoms with Crippen molar-refractivity contribution in [3.05, 3.63) is 29.8 Å². The topological polar surface area (TPSA) is 32.3 Å². The summed E-state index contributed by atoms with van der Waals surface area (Å²) in [6, 6.07) is 7.82. The molecule has 0 saturated carbocycles. The summed E-state index contributed by atoms with van der Waals surface area (Å²) in [6.07, 6.45) is 3.57. The Bertz CT molecular complexity index is 413. The van der Waals surface area contributed by atoms with Crippen LogP contribution in [0.3, 0.4) is 0 Å². The number of carbonyl (C=O) groups is 1. The monoisotopic (exact) mass is 260 g/mol. The minimum absolute atomic E-state index is 0.182. The number of anilines is 1. The fourth-order valence-corrected chi connectivity index (χ4v) is 2.70. The number of hydrogen-bond donors (Lipinski definition) is 1. The van der Waals surface area contributed by atoms with Crippen molar-refractivity contribution in [2.45, 2.75) is 33.1 Å². The zero-order valence-corrected chi connectivity index (χ0v) is 12.0. The van der Waals surface area contributed by atoms with Crippen LogP contribution in [0.4, 0.5) is 5.69 Å². The molecule has 1 saturated heterocycles. The van der Waals surface area contributed by atoms with E-state index in [2.05, 4.69) is 19.2 Å². The van der Waals surface area contributed by atoms with Gasteiger partial charge in [0, 0.05) is 30.9 Å². The predicted molar refractivity (Wildman–Crippen MR) is 79.5 cm³/mol. The van der Waals surface area contributed by atoms with Crippen molar-refractivity contribution in [3.63, 3.8) is 0 Å². The van der Waals surface area contributed by atoms with Crippen LogP contribution < -0.4 is 5.32 Å². The summed E-state index contributed by atoms with van der Waals surface area (Å²) in [7, 11) is 0. The minimum Gasteiger partial charge on any atom is -0.385 e. The molecule has 104 valence electrons. The molecular weight excluding hydrogens is 236 g/mol. The molecule has 0 aliphatic carbocycles. The molecule has 1 atom stereocenters. The van der Waals surface area contributed by atoms with Crippen LogP contribution in [0.5, 0.6) is 0 Å². The molecule has 1 N–H and O–H groups in total. The van der Waals surface area contributed by atoms with E-state index in [0.717, 1.165) is 37.3 Å². The second kappa shape index (κ2) is 6.60. The van der Waals surface area contributed by atoms with Gasteiger partial charge < -0.3 is 10.2 Å². The van der Waals surface area contributed by atoms with Crippen molar-refractivity contribution < 1.29 is 4.79 Å². The van der Waals surface area contributed by atoms with Crippen LogP contribution in [0, 0.1) is 5.92 Å². The first-order chi connectivity index (χ1) is 9.24. The number of nitrogens with zero attached hydrogens (tertiary/aromatic N) is 1. The summed E-state index contributed by atoms with van der Waals surface area (Å²) >= 11 is 0. The van der Waals surface area contributed by atoms with Gasteiger partial charge in [-0.2, -0.15) is 0 Å². The molecule has 0 aromatic heterocycles. The number of likely N-dealkylation sites (tertiary alicyclic amines) is 1. The first-order valence-corrected chi connectivity index (χ1v) is 7.37. The van der Waals surface area contributed by atoms with E-state index in [1.54, 1.807) is 0 Å². The van der Waals surface area contributed by atoms with Crippen LogP contribution >= 0.6 is 0 Å². The zero-order chi connectivity index (χ0) is 13.7. The highest BCUT2D eigenvalue weighted by atomic mass is 16.2. The number of rotatable bonds is 4. The van der Waals surface area contributed by atoms with Gasteiger partial charge in [-0.25, -0.2) is 0 Å². The van der Waals surface area contributed by atoms with Crippen LogP contribution in [0.15, 0.2) is 24.3 Å². The number of nitrogens with one attached hydrogen (secondary N) is 1. The van der Waals surface area contributed by atoms with Gasteiger partial charge in [-0.05, 0) is 49.9 Å². The predicted octanol–water partition coefficient (Wildman–Crippen LogP) is 3.38. The van der Waals surface area contributed by atoms with Gasteiger partial charge in [0.05, 0.1) is 0 Å². The average Bonchev–Trinajstić information content (AvgIpc) is 2.48. The minimum atomic E-state index is 0.182. The quantitative estimate of drug-likeness (QED) is 0.900. The number of carbonyl (C=O) groups excluding carboxylic acids is 1. The number of piperidine rings is 1. The van der Waals surface area contributed by atoms with E-state index in [9.17, 15) is 4.79 Å². The molecule has 1 aliphatic rings. The second-order valence-electron chi connectivity index (χ2n) is 5.28. The molecular formula is C16H24N2O. The Morgan fingerprint density at radius 1 is 1.32 bits per heavy atom. The zero-order valence-electron chi connectivity index (χ0n) is 12.0. The van der Waals surface area contributed by atoms with Crippen LogP contribution in [-0.2, 0) is 0 Å². The highest BCUT2D eigenvalue weighted by molar-refractivity contribution is 5.94. The normalized spacial score (nSPS) is 19.3. The molecule has 1 amide bonds. The summed E-state index contributed by atoms with van der Waals surface area (Å²) in [5, 5.41) is 3.24. The highest BCUT2D eigenvalue weighted by Crippen LogP contribution is 2.21. The maximum Gasteiger partial charge on any atom is 0.253 e. The van der Waals surface area contributed by atoms with Gasteiger partial charge in [-0.15, -0.1) is 0 Å². The fraction of sp³-hybridized carbons (Fsp3) is 0.562. The van der Waals surface area contributed by atoms with Crippen LogP contribution in [0.2, 0.25) is 0 Å². The molecule has 0 spiro atoms. The SMILES string of the molecule is CCNc1ccc(C(=O)N2CCCC(CC)C2)cc1. The molecule has 0 radical (unpaired) electrons. The third-order valence-electron chi connectivity index (χ3n) is 3.90. The molecule has 1 aromatic rings. The van der Waals surface area contributed by atoms with Gasteiger partial charge >= 0.3 is 0 Å². The molecule has 2 rings (SSSR count). The van der Waals surface area contributed by atoms with Crippen LogP contribution in [-0.4, -0.2) is 30.4 Å². The average molecular weight is 260 g/mol. The van der Waals surface area contributed by atoms with Crippen molar-refractivity contribution >= 4 is 11.6 Å². The summed E-state index contributed by atoms with van der Waals surface area (Å²) < 4.78 is 0. The lowest BCUT2D eigenvalue weighted by atomic mass is 9.95. The van der Waals surface area contributed by atoms with E-state index in [-0.39, 0.29) is 5.91 Å². The van der Waals surface area contributed by atoms with Crippen LogP contribution in [0.25, 0.3) is 0 Å². The van der Waals surface area contributed by atoms with E-state index >= 15 is 0 Å². The molecule has 1 fully saturated rings. The highest BCUT2D eigenvalue weighted by Gasteiger charge is 2.23. The molecule has 3 heteroatoms. The molecule has 1 aliphatic heterocycles. The smallest absolute Gasteiger partial charge is 0.253 e. The van der Waals surface area contributed by atoms with Crippen molar-refractivity contribution in [3.8, 4) is 0 Å². The Morgan fingerprint density at radius 3 is 2.68 bits per heavy atom. The standard InChI is InChI=1S/C16H24N2O/c1-3-13-6-5-11-18(12-13)16(19)14-7-9-15(10-8-14)17-4-2/h7-10,13,17H,3-6,11-12H2,1-2H3. The Hall–Kier alpha value is -1.51. The molecule has 1 heterocycles. The Kier molecular flexibility index (Phi) is 4.83. The first kappa shape index (κ1) is 13.9. The lowest BCUT2D eigenvalue weighted by molar-refractivity contribution is 0.0671. The van der Waals surface area contributed by atoms with Crippen molar-refractivity contribution in [2.75, 3.05) is 25.0 Å².